The van der Waals surface area contributed by atoms with E-state index in [-0.39, 0.29) is 11.9 Å². The van der Waals surface area contributed by atoms with Crippen molar-refractivity contribution >= 4 is 40.9 Å². The van der Waals surface area contributed by atoms with E-state index >= 15 is 0 Å². The highest BCUT2D eigenvalue weighted by atomic mass is 35.5. The predicted octanol–water partition coefficient (Wildman–Crippen LogP) is 5.72. The zero-order valence-electron chi connectivity index (χ0n) is 14.0. The van der Waals surface area contributed by atoms with Crippen molar-refractivity contribution < 1.29 is 4.79 Å². The molecule has 0 radical (unpaired) electrons. The molecule has 0 spiro atoms. The molecule has 2 nitrogen and oxygen atoms in total. The van der Waals surface area contributed by atoms with Crippen LogP contribution >= 0.6 is 35.0 Å². The number of carbonyl (C=O) groups excluding carboxylic acids is 1. The minimum absolute atomic E-state index is 0.00340. The van der Waals surface area contributed by atoms with Crippen molar-refractivity contribution in [3.63, 3.8) is 0 Å². The third-order valence-electron chi connectivity index (χ3n) is 3.76. The van der Waals surface area contributed by atoms with E-state index in [1.807, 2.05) is 19.1 Å². The van der Waals surface area contributed by atoms with Crippen molar-refractivity contribution in [3.05, 3.63) is 68.7 Å². The lowest BCUT2D eigenvalue weighted by molar-refractivity contribution is -0.119. The Morgan fingerprint density at radius 2 is 1.88 bits per heavy atom. The summed E-state index contributed by atoms with van der Waals surface area (Å²) in [5.74, 6) is 1.17. The fourth-order valence-electron chi connectivity index (χ4n) is 2.56. The highest BCUT2D eigenvalue weighted by molar-refractivity contribution is 7.99. The second kappa shape index (κ2) is 8.80. The molecule has 0 aliphatic heterocycles. The van der Waals surface area contributed by atoms with Gasteiger partial charge >= 0.3 is 0 Å². The molecular formula is C19H21Cl2NOS. The lowest BCUT2D eigenvalue weighted by atomic mass is 10.0. The first-order valence-corrected chi connectivity index (χ1v) is 9.66. The van der Waals surface area contributed by atoms with Gasteiger partial charge in [-0.2, -0.15) is 0 Å². The van der Waals surface area contributed by atoms with Crippen molar-refractivity contribution in [2.75, 3.05) is 5.75 Å². The number of carbonyl (C=O) groups is 1. The maximum Gasteiger partial charge on any atom is 0.230 e. The first-order valence-electron chi connectivity index (χ1n) is 7.75. The number of rotatable bonds is 6. The van der Waals surface area contributed by atoms with Crippen molar-refractivity contribution in [3.8, 4) is 0 Å². The number of thioether (sulfide) groups is 1. The lowest BCUT2D eigenvalue weighted by Gasteiger charge is -2.17. The molecule has 1 N–H and O–H groups in total. The summed E-state index contributed by atoms with van der Waals surface area (Å²) in [6, 6.07) is 11.8. The average Bonchev–Trinajstić information content (AvgIpc) is 2.50. The van der Waals surface area contributed by atoms with E-state index in [9.17, 15) is 4.79 Å². The first-order chi connectivity index (χ1) is 11.4. The molecule has 2 aromatic rings. The summed E-state index contributed by atoms with van der Waals surface area (Å²) in [6.45, 7) is 6.16. The molecule has 24 heavy (non-hydrogen) atoms. The topological polar surface area (TPSA) is 29.1 Å². The normalized spacial score (nSPS) is 12.0. The van der Waals surface area contributed by atoms with Gasteiger partial charge in [-0.1, -0.05) is 53.0 Å². The van der Waals surface area contributed by atoms with E-state index in [1.54, 1.807) is 17.8 Å². The molecule has 5 heteroatoms. The maximum absolute atomic E-state index is 12.1. The first kappa shape index (κ1) is 19.2. The minimum atomic E-state index is 0.00340. The zero-order valence-corrected chi connectivity index (χ0v) is 16.4. The summed E-state index contributed by atoms with van der Waals surface area (Å²) >= 11 is 13.5. The minimum Gasteiger partial charge on any atom is -0.349 e. The maximum atomic E-state index is 12.1. The van der Waals surface area contributed by atoms with Gasteiger partial charge < -0.3 is 5.32 Å². The molecule has 0 heterocycles. The average molecular weight is 382 g/mol. The Balaban J connectivity index is 1.83. The van der Waals surface area contributed by atoms with E-state index in [0.29, 0.717) is 15.8 Å². The summed E-state index contributed by atoms with van der Waals surface area (Å²) in [7, 11) is 0. The van der Waals surface area contributed by atoms with Crippen LogP contribution < -0.4 is 5.32 Å². The fourth-order valence-corrected chi connectivity index (χ4v) is 3.67. The molecule has 0 saturated heterocycles. The number of aryl methyl sites for hydroxylation is 2. The third kappa shape index (κ3) is 5.44. The Morgan fingerprint density at radius 1 is 1.12 bits per heavy atom. The fraction of sp³-hybridized carbons (Fsp3) is 0.316. The summed E-state index contributed by atoms with van der Waals surface area (Å²) in [6.07, 6.45) is 0. The number of halogens is 2. The number of nitrogens with one attached hydrogen (secondary N) is 1. The van der Waals surface area contributed by atoms with Crippen LogP contribution in [0, 0.1) is 13.8 Å². The van der Waals surface area contributed by atoms with Crippen LogP contribution in [-0.4, -0.2) is 11.7 Å². The van der Waals surface area contributed by atoms with Gasteiger partial charge in [0, 0.05) is 5.75 Å². The Morgan fingerprint density at radius 3 is 2.54 bits per heavy atom. The second-order valence-corrected chi connectivity index (χ2v) is 7.69. The van der Waals surface area contributed by atoms with Gasteiger partial charge in [0.15, 0.2) is 0 Å². The van der Waals surface area contributed by atoms with Crippen LogP contribution in [0.4, 0.5) is 0 Å². The molecule has 0 saturated carbocycles. The third-order valence-corrected chi connectivity index (χ3v) is 5.50. The molecule has 2 aromatic carbocycles. The number of benzene rings is 2. The van der Waals surface area contributed by atoms with E-state index in [1.165, 1.54) is 11.1 Å². The van der Waals surface area contributed by atoms with Gasteiger partial charge in [0.1, 0.15) is 0 Å². The summed E-state index contributed by atoms with van der Waals surface area (Å²) in [5, 5.41) is 4.15. The van der Waals surface area contributed by atoms with Crippen LogP contribution in [0.3, 0.4) is 0 Å². The molecule has 1 atom stereocenters. The van der Waals surface area contributed by atoms with Crippen LogP contribution in [0.1, 0.15) is 35.2 Å². The Kier molecular flexibility index (Phi) is 7.02. The van der Waals surface area contributed by atoms with Crippen LogP contribution in [0.15, 0.2) is 36.4 Å². The predicted molar refractivity (Wildman–Crippen MR) is 105 cm³/mol. The van der Waals surface area contributed by atoms with E-state index in [4.69, 9.17) is 23.2 Å². The molecule has 1 amide bonds. The van der Waals surface area contributed by atoms with Gasteiger partial charge in [-0.15, -0.1) is 11.8 Å². The Labute approximate surface area is 157 Å². The number of hydrogen-bond donors (Lipinski definition) is 1. The molecule has 0 aliphatic carbocycles. The van der Waals surface area contributed by atoms with E-state index in [2.05, 4.69) is 37.4 Å². The molecule has 2 rings (SSSR count). The van der Waals surface area contributed by atoms with Crippen LogP contribution in [-0.2, 0) is 10.5 Å². The van der Waals surface area contributed by atoms with Gasteiger partial charge in [0.25, 0.3) is 0 Å². The van der Waals surface area contributed by atoms with Crippen molar-refractivity contribution in [2.45, 2.75) is 32.6 Å². The van der Waals surface area contributed by atoms with Gasteiger partial charge in [-0.3, -0.25) is 4.79 Å². The van der Waals surface area contributed by atoms with E-state index in [0.717, 1.165) is 16.9 Å². The van der Waals surface area contributed by atoms with Crippen molar-refractivity contribution in [2.24, 2.45) is 0 Å². The molecule has 0 fully saturated rings. The summed E-state index contributed by atoms with van der Waals surface area (Å²) in [5.41, 5.74) is 4.64. The Hall–Kier alpha value is -1.16. The molecule has 0 unspecified atom stereocenters. The van der Waals surface area contributed by atoms with Gasteiger partial charge in [-0.05, 0) is 49.6 Å². The SMILES string of the molecule is Cc1ccc([C@H](C)NC(=O)CSCc2ccc(Cl)c(Cl)c2)c(C)c1. The van der Waals surface area contributed by atoms with Crippen LogP contribution in [0.2, 0.25) is 10.0 Å². The standard InChI is InChI=1S/C19H21Cl2NOS/c1-12-4-6-16(13(2)8-12)14(3)22-19(23)11-24-10-15-5-7-17(20)18(21)9-15/h4-9,14H,10-11H2,1-3H3,(H,22,23)/t14-/m0/s1. The summed E-state index contributed by atoms with van der Waals surface area (Å²) in [4.78, 5) is 12.1. The molecule has 0 aliphatic rings. The molecule has 128 valence electrons. The number of hydrogen-bond acceptors (Lipinski definition) is 2. The highest BCUT2D eigenvalue weighted by Gasteiger charge is 2.12. The monoisotopic (exact) mass is 381 g/mol. The Bertz CT molecular complexity index is 733. The van der Waals surface area contributed by atoms with Crippen LogP contribution in [0.25, 0.3) is 0 Å². The van der Waals surface area contributed by atoms with Gasteiger partial charge in [0.2, 0.25) is 5.91 Å². The summed E-state index contributed by atoms with van der Waals surface area (Å²) < 4.78 is 0. The van der Waals surface area contributed by atoms with Crippen molar-refractivity contribution in [1.29, 1.82) is 0 Å². The lowest BCUT2D eigenvalue weighted by Crippen LogP contribution is -2.28. The van der Waals surface area contributed by atoms with Gasteiger partial charge in [-0.25, -0.2) is 0 Å². The zero-order chi connectivity index (χ0) is 17.7. The smallest absolute Gasteiger partial charge is 0.230 e. The molecular weight excluding hydrogens is 361 g/mol. The quantitative estimate of drug-likeness (QED) is 0.692. The number of amides is 1. The highest BCUT2D eigenvalue weighted by Crippen LogP contribution is 2.25. The molecule has 0 aromatic heterocycles. The van der Waals surface area contributed by atoms with Crippen LogP contribution in [0.5, 0.6) is 0 Å². The molecule has 0 bridgehead atoms. The van der Waals surface area contributed by atoms with Gasteiger partial charge in [0.05, 0.1) is 21.8 Å². The largest absolute Gasteiger partial charge is 0.349 e. The second-order valence-electron chi connectivity index (χ2n) is 5.89. The van der Waals surface area contributed by atoms with Crippen molar-refractivity contribution in [1.82, 2.24) is 5.32 Å². The van der Waals surface area contributed by atoms with E-state index < -0.39 is 0 Å².